The fourth-order valence-corrected chi connectivity index (χ4v) is 1.59. The minimum absolute atomic E-state index is 0.0504. The number of primary amides is 1. The predicted molar refractivity (Wildman–Crippen MR) is 75.6 cm³/mol. The van der Waals surface area contributed by atoms with E-state index in [1.165, 1.54) is 10.7 Å². The Morgan fingerprint density at radius 2 is 2.05 bits per heavy atom. The molecule has 0 spiro atoms. The number of aromatic nitrogens is 2. The van der Waals surface area contributed by atoms with Gasteiger partial charge in [-0.2, -0.15) is 4.68 Å². The number of amides is 1. The van der Waals surface area contributed by atoms with Crippen LogP contribution in [0.1, 0.15) is 13.8 Å². The van der Waals surface area contributed by atoms with Gasteiger partial charge in [0.1, 0.15) is 6.61 Å². The molecule has 21 heavy (non-hydrogen) atoms. The number of rotatable bonds is 5. The van der Waals surface area contributed by atoms with E-state index in [0.29, 0.717) is 5.69 Å². The van der Waals surface area contributed by atoms with Crippen LogP contribution in [-0.4, -0.2) is 33.2 Å². The first-order valence-electron chi connectivity index (χ1n) is 6.33. The fourth-order valence-electron chi connectivity index (χ4n) is 1.59. The number of carbonyl (C=O) groups excluding carboxylic acids is 1. The highest BCUT2D eigenvalue weighted by Crippen LogP contribution is 2.24. The topological polar surface area (TPSA) is 99.6 Å². The predicted octanol–water partition coefficient (Wildman–Crippen LogP) is 1.48. The number of nitrogens with zero attached hydrogens (tertiary/aromatic N) is 2. The Morgan fingerprint density at radius 3 is 2.62 bits per heavy atom. The third-order valence-electron chi connectivity index (χ3n) is 2.43. The quantitative estimate of drug-likeness (QED) is 0.869. The van der Waals surface area contributed by atoms with Crippen molar-refractivity contribution in [1.82, 2.24) is 9.78 Å². The van der Waals surface area contributed by atoms with Crippen molar-refractivity contribution in [2.24, 2.45) is 5.73 Å². The Morgan fingerprint density at radius 1 is 1.38 bits per heavy atom. The Balaban J connectivity index is 2.29. The van der Waals surface area contributed by atoms with Crippen molar-refractivity contribution in [3.05, 3.63) is 36.4 Å². The van der Waals surface area contributed by atoms with Gasteiger partial charge in [-0.15, -0.1) is 5.10 Å². The van der Waals surface area contributed by atoms with Gasteiger partial charge in [0, 0.05) is 0 Å². The van der Waals surface area contributed by atoms with E-state index in [0.717, 1.165) is 0 Å². The molecule has 0 saturated carbocycles. The Kier molecular flexibility index (Phi) is 4.13. The smallest absolute Gasteiger partial charge is 0.411 e. The maximum Gasteiger partial charge on any atom is 0.411 e. The molecular formula is C14H17N3O4. The van der Waals surface area contributed by atoms with E-state index in [1.54, 1.807) is 26.0 Å². The number of nitrogens with two attached hydrogens (primary N) is 1. The minimum atomic E-state index is -0.999. The van der Waals surface area contributed by atoms with Crippen LogP contribution in [0.15, 0.2) is 36.4 Å². The molecule has 1 aromatic heterocycles. The third-order valence-corrected chi connectivity index (χ3v) is 2.43. The molecule has 0 radical (unpaired) electrons. The van der Waals surface area contributed by atoms with E-state index >= 15 is 0 Å². The first-order chi connectivity index (χ1) is 9.85. The summed E-state index contributed by atoms with van der Waals surface area (Å²) in [5, 5.41) is 13.8. The van der Waals surface area contributed by atoms with Gasteiger partial charge in [-0.3, -0.25) is 0 Å². The molecule has 0 aliphatic carbocycles. The van der Waals surface area contributed by atoms with Crippen LogP contribution in [0.3, 0.4) is 0 Å². The summed E-state index contributed by atoms with van der Waals surface area (Å²) in [7, 11) is 0. The van der Waals surface area contributed by atoms with Crippen LogP contribution >= 0.6 is 0 Å². The number of benzene rings is 1. The van der Waals surface area contributed by atoms with Crippen molar-refractivity contribution in [3.8, 4) is 17.4 Å². The number of carbonyl (C=O) groups is 1. The van der Waals surface area contributed by atoms with Crippen LogP contribution < -0.4 is 15.2 Å². The molecule has 0 aliphatic rings. The second kappa shape index (κ2) is 5.84. The van der Waals surface area contributed by atoms with Crippen LogP contribution in [-0.2, 0) is 0 Å². The summed E-state index contributed by atoms with van der Waals surface area (Å²) in [5.74, 6) is 0.358. The van der Waals surface area contributed by atoms with Crippen molar-refractivity contribution < 1.29 is 19.4 Å². The summed E-state index contributed by atoms with van der Waals surface area (Å²) in [6.07, 6.45) is -0.943. The van der Waals surface area contributed by atoms with Crippen molar-refractivity contribution in [3.63, 3.8) is 0 Å². The molecule has 0 saturated heterocycles. The van der Waals surface area contributed by atoms with Crippen LogP contribution in [0.4, 0.5) is 4.79 Å². The van der Waals surface area contributed by atoms with Crippen LogP contribution in [0.2, 0.25) is 0 Å². The average Bonchev–Trinajstić information content (AvgIpc) is 2.79. The maximum atomic E-state index is 11.0. The first kappa shape index (κ1) is 14.9. The Labute approximate surface area is 121 Å². The van der Waals surface area contributed by atoms with E-state index in [9.17, 15) is 9.90 Å². The summed E-state index contributed by atoms with van der Waals surface area (Å²) >= 11 is 0. The lowest BCUT2D eigenvalue weighted by atomic mass is 10.2. The highest BCUT2D eigenvalue weighted by Gasteiger charge is 2.18. The molecule has 1 heterocycles. The normalized spacial score (nSPS) is 11.2. The molecule has 0 fully saturated rings. The maximum absolute atomic E-state index is 11.0. The fraction of sp³-hybridized carbons (Fsp3) is 0.286. The molecule has 112 valence electrons. The summed E-state index contributed by atoms with van der Waals surface area (Å²) in [5.41, 5.74) is 4.73. The largest absolute Gasteiger partial charge is 0.473 e. The molecule has 7 nitrogen and oxygen atoms in total. The average molecular weight is 291 g/mol. The van der Waals surface area contributed by atoms with Gasteiger partial charge >= 0.3 is 6.09 Å². The highest BCUT2D eigenvalue weighted by molar-refractivity contribution is 5.67. The molecule has 0 atom stereocenters. The number of hydrogen-bond donors (Lipinski definition) is 2. The number of ether oxygens (including phenoxy) is 2. The van der Waals surface area contributed by atoms with E-state index < -0.39 is 11.7 Å². The molecule has 2 aromatic rings. The summed E-state index contributed by atoms with van der Waals surface area (Å²) < 4.78 is 11.7. The van der Waals surface area contributed by atoms with Gasteiger partial charge in [-0.25, -0.2) is 4.79 Å². The number of hydrogen-bond acceptors (Lipinski definition) is 5. The minimum Gasteiger partial charge on any atom is -0.473 e. The van der Waals surface area contributed by atoms with Gasteiger partial charge in [-0.05, 0) is 26.0 Å². The Bertz CT molecular complexity index is 617. The third kappa shape index (κ3) is 4.22. The zero-order valence-corrected chi connectivity index (χ0v) is 11.8. The van der Waals surface area contributed by atoms with Crippen LogP contribution in [0.5, 0.6) is 11.8 Å². The molecule has 1 amide bonds. The lowest BCUT2D eigenvalue weighted by Gasteiger charge is -2.16. The summed E-state index contributed by atoms with van der Waals surface area (Å²) in [4.78, 5) is 11.0. The highest BCUT2D eigenvalue weighted by atomic mass is 16.6. The molecule has 3 N–H and O–H groups in total. The molecule has 0 bridgehead atoms. The van der Waals surface area contributed by atoms with Gasteiger partial charge in [0.15, 0.2) is 0 Å². The van der Waals surface area contributed by atoms with Crippen molar-refractivity contribution in [1.29, 1.82) is 0 Å². The lowest BCUT2D eigenvalue weighted by Crippen LogP contribution is -2.28. The molecular weight excluding hydrogens is 274 g/mol. The van der Waals surface area contributed by atoms with Gasteiger partial charge in [-0.1, -0.05) is 18.2 Å². The molecule has 1 aromatic carbocycles. The van der Waals surface area contributed by atoms with E-state index in [2.05, 4.69) is 5.10 Å². The van der Waals surface area contributed by atoms with Gasteiger partial charge in [0.05, 0.1) is 17.4 Å². The Hall–Kier alpha value is -2.54. The van der Waals surface area contributed by atoms with E-state index in [4.69, 9.17) is 15.2 Å². The van der Waals surface area contributed by atoms with E-state index in [1.807, 2.05) is 18.2 Å². The lowest BCUT2D eigenvalue weighted by molar-refractivity contribution is 0.0267. The molecule has 7 heteroatoms. The van der Waals surface area contributed by atoms with Crippen molar-refractivity contribution >= 4 is 6.09 Å². The summed E-state index contributed by atoms with van der Waals surface area (Å²) in [6.45, 7) is 3.28. The molecule has 0 aliphatic heterocycles. The standard InChI is InChI=1S/C14H17N3O4/c1-14(2,19)9-20-11-8-12(21-13(15)18)17(16-11)10-6-4-3-5-7-10/h3-8,19H,9H2,1-2H3,(H2,15,18). The SMILES string of the molecule is CC(C)(O)COc1cc(OC(N)=O)n(-c2ccccc2)n1. The number of para-hydroxylation sites is 1. The summed E-state index contributed by atoms with van der Waals surface area (Å²) in [6, 6.07) is 10.5. The van der Waals surface area contributed by atoms with Gasteiger partial charge in [0.25, 0.3) is 0 Å². The first-order valence-corrected chi connectivity index (χ1v) is 6.33. The monoisotopic (exact) mass is 291 g/mol. The molecule has 2 rings (SSSR count). The van der Waals surface area contributed by atoms with Crippen molar-refractivity contribution in [2.75, 3.05) is 6.61 Å². The number of aliphatic hydroxyl groups is 1. The molecule has 0 unspecified atom stereocenters. The van der Waals surface area contributed by atoms with E-state index in [-0.39, 0.29) is 18.4 Å². The zero-order chi connectivity index (χ0) is 15.5. The zero-order valence-electron chi connectivity index (χ0n) is 11.8. The van der Waals surface area contributed by atoms with Crippen LogP contribution in [0.25, 0.3) is 5.69 Å². The second-order valence-electron chi connectivity index (χ2n) is 5.09. The van der Waals surface area contributed by atoms with Crippen LogP contribution in [0, 0.1) is 0 Å². The van der Waals surface area contributed by atoms with Crippen molar-refractivity contribution in [2.45, 2.75) is 19.4 Å². The second-order valence-corrected chi connectivity index (χ2v) is 5.09. The van der Waals surface area contributed by atoms with Gasteiger partial charge in [0.2, 0.25) is 11.8 Å². The van der Waals surface area contributed by atoms with Gasteiger partial charge < -0.3 is 20.3 Å².